The van der Waals surface area contributed by atoms with Gasteiger partial charge in [-0.05, 0) is 56.7 Å². The van der Waals surface area contributed by atoms with Crippen LogP contribution < -0.4 is 5.32 Å². The van der Waals surface area contributed by atoms with Crippen LogP contribution in [0.1, 0.15) is 50.3 Å². The van der Waals surface area contributed by atoms with Crippen molar-refractivity contribution in [3.8, 4) is 0 Å². The third kappa shape index (κ3) is 5.68. The van der Waals surface area contributed by atoms with Crippen LogP contribution in [0.15, 0.2) is 18.2 Å². The van der Waals surface area contributed by atoms with Gasteiger partial charge in [0.15, 0.2) is 0 Å². The number of benzene rings is 1. The molecule has 0 heterocycles. The van der Waals surface area contributed by atoms with Crippen LogP contribution in [0.4, 0.5) is 0 Å². The SMILES string of the molecule is Cc1ccc(CCC(C)CCNC(C)C)c(C)c1. The second-order valence-electron chi connectivity index (χ2n) is 5.97. The summed E-state index contributed by atoms with van der Waals surface area (Å²) in [5, 5.41) is 3.49. The van der Waals surface area contributed by atoms with Crippen LogP contribution >= 0.6 is 0 Å². The summed E-state index contributed by atoms with van der Waals surface area (Å²) in [5.74, 6) is 0.803. The maximum atomic E-state index is 3.49. The van der Waals surface area contributed by atoms with E-state index in [1.165, 1.54) is 36.0 Å². The van der Waals surface area contributed by atoms with E-state index in [2.05, 4.69) is 58.1 Å². The molecule has 0 saturated carbocycles. The van der Waals surface area contributed by atoms with Gasteiger partial charge in [0.2, 0.25) is 0 Å². The summed E-state index contributed by atoms with van der Waals surface area (Å²) >= 11 is 0. The maximum Gasteiger partial charge on any atom is 0.00103 e. The molecule has 0 saturated heterocycles. The summed E-state index contributed by atoms with van der Waals surface area (Å²) < 4.78 is 0. The number of hydrogen-bond donors (Lipinski definition) is 1. The summed E-state index contributed by atoms with van der Waals surface area (Å²) in [6, 6.07) is 7.42. The summed E-state index contributed by atoms with van der Waals surface area (Å²) in [6.45, 7) is 12.3. The molecule has 1 rings (SSSR count). The van der Waals surface area contributed by atoms with Gasteiger partial charge in [0.05, 0.1) is 0 Å². The number of hydrogen-bond acceptors (Lipinski definition) is 1. The van der Waals surface area contributed by atoms with E-state index in [0.29, 0.717) is 6.04 Å². The number of nitrogens with one attached hydrogen (secondary N) is 1. The zero-order valence-electron chi connectivity index (χ0n) is 12.7. The predicted molar refractivity (Wildman–Crippen MR) is 81.2 cm³/mol. The predicted octanol–water partition coefficient (Wildman–Crippen LogP) is 4.26. The van der Waals surface area contributed by atoms with Crippen molar-refractivity contribution in [3.05, 3.63) is 34.9 Å². The minimum Gasteiger partial charge on any atom is -0.315 e. The van der Waals surface area contributed by atoms with Crippen molar-refractivity contribution in [2.45, 2.75) is 59.9 Å². The highest BCUT2D eigenvalue weighted by Crippen LogP contribution is 2.16. The van der Waals surface area contributed by atoms with Crippen molar-refractivity contribution >= 4 is 0 Å². The fourth-order valence-electron chi connectivity index (χ4n) is 2.29. The van der Waals surface area contributed by atoms with Crippen LogP contribution in [0.25, 0.3) is 0 Å². The molecule has 0 aromatic heterocycles. The quantitative estimate of drug-likeness (QED) is 0.759. The van der Waals surface area contributed by atoms with Crippen molar-refractivity contribution in [3.63, 3.8) is 0 Å². The molecule has 1 heteroatoms. The Morgan fingerprint density at radius 3 is 2.39 bits per heavy atom. The average Bonchev–Trinajstić information content (AvgIpc) is 2.27. The first-order valence-electron chi connectivity index (χ1n) is 7.28. The fraction of sp³-hybridized carbons (Fsp3) is 0.647. The summed E-state index contributed by atoms with van der Waals surface area (Å²) in [6.07, 6.45) is 3.79. The molecule has 0 spiro atoms. The van der Waals surface area contributed by atoms with Crippen LogP contribution in [0.5, 0.6) is 0 Å². The lowest BCUT2D eigenvalue weighted by Crippen LogP contribution is -2.25. The van der Waals surface area contributed by atoms with Gasteiger partial charge in [-0.2, -0.15) is 0 Å². The topological polar surface area (TPSA) is 12.0 Å². The highest BCUT2D eigenvalue weighted by Gasteiger charge is 2.05. The van der Waals surface area contributed by atoms with Crippen LogP contribution in [0.3, 0.4) is 0 Å². The Morgan fingerprint density at radius 1 is 1.06 bits per heavy atom. The second-order valence-corrected chi connectivity index (χ2v) is 5.97. The molecule has 0 aliphatic carbocycles. The van der Waals surface area contributed by atoms with Crippen LogP contribution in [-0.2, 0) is 6.42 Å². The van der Waals surface area contributed by atoms with Gasteiger partial charge >= 0.3 is 0 Å². The molecule has 1 N–H and O–H groups in total. The Bertz CT molecular complexity index is 355. The Kier molecular flexibility index (Phi) is 6.42. The molecular weight excluding hydrogens is 218 g/mol. The first kappa shape index (κ1) is 15.2. The highest BCUT2D eigenvalue weighted by atomic mass is 14.9. The normalized spacial score (nSPS) is 13.0. The molecule has 18 heavy (non-hydrogen) atoms. The Hall–Kier alpha value is -0.820. The molecule has 0 amide bonds. The van der Waals surface area contributed by atoms with Crippen LogP contribution in [0.2, 0.25) is 0 Å². The molecule has 1 unspecified atom stereocenters. The Balaban J connectivity index is 2.31. The smallest absolute Gasteiger partial charge is 0.00103 e. The first-order chi connectivity index (χ1) is 8.49. The van der Waals surface area contributed by atoms with Gasteiger partial charge < -0.3 is 5.32 Å². The van der Waals surface area contributed by atoms with E-state index in [1.54, 1.807) is 0 Å². The van der Waals surface area contributed by atoms with E-state index in [9.17, 15) is 0 Å². The number of aryl methyl sites for hydroxylation is 3. The molecule has 1 atom stereocenters. The molecule has 0 fully saturated rings. The largest absolute Gasteiger partial charge is 0.315 e. The molecule has 0 aliphatic heterocycles. The van der Waals surface area contributed by atoms with E-state index < -0.39 is 0 Å². The molecule has 0 radical (unpaired) electrons. The monoisotopic (exact) mass is 247 g/mol. The standard InChI is InChI=1S/C17H29N/c1-13(2)18-11-10-14(3)6-8-17-9-7-15(4)12-16(17)5/h7,9,12-14,18H,6,8,10-11H2,1-5H3. The third-order valence-electron chi connectivity index (χ3n) is 3.59. The van der Waals surface area contributed by atoms with Gasteiger partial charge in [0.25, 0.3) is 0 Å². The molecule has 0 bridgehead atoms. The van der Waals surface area contributed by atoms with Crippen molar-refractivity contribution in [1.82, 2.24) is 5.32 Å². The van der Waals surface area contributed by atoms with Crippen molar-refractivity contribution in [2.24, 2.45) is 5.92 Å². The minimum absolute atomic E-state index is 0.608. The van der Waals surface area contributed by atoms with E-state index in [4.69, 9.17) is 0 Å². The lowest BCUT2D eigenvalue weighted by Gasteiger charge is -2.14. The van der Waals surface area contributed by atoms with E-state index in [0.717, 1.165) is 12.5 Å². The number of rotatable bonds is 7. The summed E-state index contributed by atoms with van der Waals surface area (Å²) in [5.41, 5.74) is 4.33. The third-order valence-corrected chi connectivity index (χ3v) is 3.59. The zero-order chi connectivity index (χ0) is 13.5. The van der Waals surface area contributed by atoms with E-state index in [1.807, 2.05) is 0 Å². The van der Waals surface area contributed by atoms with Gasteiger partial charge in [-0.1, -0.05) is 44.5 Å². The lowest BCUT2D eigenvalue weighted by atomic mass is 9.95. The molecule has 1 nitrogen and oxygen atoms in total. The molecule has 0 aliphatic rings. The summed E-state index contributed by atoms with van der Waals surface area (Å²) in [7, 11) is 0. The summed E-state index contributed by atoms with van der Waals surface area (Å²) in [4.78, 5) is 0. The Morgan fingerprint density at radius 2 is 1.78 bits per heavy atom. The molecule has 1 aromatic carbocycles. The van der Waals surface area contributed by atoms with Gasteiger partial charge in [0.1, 0.15) is 0 Å². The van der Waals surface area contributed by atoms with Crippen LogP contribution in [0, 0.1) is 19.8 Å². The van der Waals surface area contributed by atoms with Crippen molar-refractivity contribution < 1.29 is 0 Å². The van der Waals surface area contributed by atoms with E-state index in [-0.39, 0.29) is 0 Å². The zero-order valence-corrected chi connectivity index (χ0v) is 12.7. The minimum atomic E-state index is 0.608. The van der Waals surface area contributed by atoms with Gasteiger partial charge in [0, 0.05) is 6.04 Å². The van der Waals surface area contributed by atoms with Crippen LogP contribution in [-0.4, -0.2) is 12.6 Å². The maximum absolute atomic E-state index is 3.49. The molecule has 102 valence electrons. The lowest BCUT2D eigenvalue weighted by molar-refractivity contribution is 0.453. The van der Waals surface area contributed by atoms with Gasteiger partial charge in [-0.25, -0.2) is 0 Å². The van der Waals surface area contributed by atoms with Crippen molar-refractivity contribution in [1.29, 1.82) is 0 Å². The Labute approximate surface area is 113 Å². The second kappa shape index (κ2) is 7.58. The molecular formula is C17H29N. The van der Waals surface area contributed by atoms with Gasteiger partial charge in [-0.15, -0.1) is 0 Å². The molecule has 1 aromatic rings. The average molecular weight is 247 g/mol. The van der Waals surface area contributed by atoms with E-state index >= 15 is 0 Å². The fourth-order valence-corrected chi connectivity index (χ4v) is 2.29. The van der Waals surface area contributed by atoms with Gasteiger partial charge in [-0.3, -0.25) is 0 Å². The highest BCUT2D eigenvalue weighted by molar-refractivity contribution is 5.30. The van der Waals surface area contributed by atoms with Crippen molar-refractivity contribution in [2.75, 3.05) is 6.54 Å². The first-order valence-corrected chi connectivity index (χ1v) is 7.28.